The summed E-state index contributed by atoms with van der Waals surface area (Å²) < 4.78 is 5.49. The number of benzene rings is 1. The van der Waals surface area contributed by atoms with Crippen molar-refractivity contribution in [2.24, 2.45) is 5.92 Å². The third kappa shape index (κ3) is 2.76. The van der Waals surface area contributed by atoms with Gasteiger partial charge in [-0.2, -0.15) is 0 Å². The van der Waals surface area contributed by atoms with Crippen molar-refractivity contribution in [1.82, 2.24) is 0 Å². The average Bonchev–Trinajstić information content (AvgIpc) is 3.17. The Morgan fingerprint density at radius 2 is 1.92 bits per heavy atom. The van der Waals surface area contributed by atoms with Crippen LogP contribution in [-0.4, -0.2) is 16.8 Å². The van der Waals surface area contributed by atoms with Crippen molar-refractivity contribution >= 4 is 17.4 Å². The first-order chi connectivity index (χ1) is 11.8. The number of rotatable bonds is 4. The van der Waals surface area contributed by atoms with E-state index < -0.39 is 17.7 Å². The summed E-state index contributed by atoms with van der Waals surface area (Å²) in [6, 6.07) is 8.24. The van der Waals surface area contributed by atoms with Crippen LogP contribution in [0.15, 0.2) is 52.3 Å². The Bertz CT molecular complexity index is 862. The van der Waals surface area contributed by atoms with Gasteiger partial charge in [-0.15, -0.1) is 0 Å². The molecule has 1 unspecified atom stereocenters. The lowest BCUT2D eigenvalue weighted by Crippen LogP contribution is -2.31. The van der Waals surface area contributed by atoms with Gasteiger partial charge in [0.05, 0.1) is 11.8 Å². The highest BCUT2D eigenvalue weighted by Gasteiger charge is 2.46. The van der Waals surface area contributed by atoms with Gasteiger partial charge in [-0.05, 0) is 49.2 Å². The highest BCUT2D eigenvalue weighted by molar-refractivity contribution is 6.16. The first-order valence-corrected chi connectivity index (χ1v) is 8.24. The van der Waals surface area contributed by atoms with Crippen molar-refractivity contribution in [2.75, 3.05) is 4.90 Å². The van der Waals surface area contributed by atoms with Crippen LogP contribution in [0.5, 0.6) is 0 Å². The number of ketones is 1. The number of Topliss-reactive ketones (excluding diaryl/α,β-unsaturated/α-hetero) is 1. The van der Waals surface area contributed by atoms with Gasteiger partial charge in [0.2, 0.25) is 0 Å². The van der Waals surface area contributed by atoms with Gasteiger partial charge in [0.25, 0.3) is 5.91 Å². The van der Waals surface area contributed by atoms with Gasteiger partial charge in [-0.25, -0.2) is 0 Å². The fraction of sp³-hybridized carbons (Fsp3) is 0.300. The summed E-state index contributed by atoms with van der Waals surface area (Å²) in [5, 5.41) is 10.4. The molecule has 0 aliphatic carbocycles. The van der Waals surface area contributed by atoms with Crippen molar-refractivity contribution in [1.29, 1.82) is 0 Å². The van der Waals surface area contributed by atoms with Gasteiger partial charge in [-0.3, -0.25) is 14.5 Å². The van der Waals surface area contributed by atoms with Crippen molar-refractivity contribution in [3.8, 4) is 0 Å². The molecule has 1 aromatic heterocycles. The summed E-state index contributed by atoms with van der Waals surface area (Å²) in [5.74, 6) is -1.26. The standard InChI is InChI=1S/C20H21NO4/c1-11(2)18(22)16-17(15-6-5-9-25-15)21(20(24)19(16)23)14-8-7-12(3)13(4)10-14/h5-11,17,23H,1-4H3. The van der Waals surface area contributed by atoms with E-state index in [4.69, 9.17) is 4.42 Å². The molecule has 1 atom stereocenters. The zero-order chi connectivity index (χ0) is 18.3. The van der Waals surface area contributed by atoms with E-state index in [1.807, 2.05) is 32.0 Å². The second kappa shape index (κ2) is 6.24. The number of anilines is 1. The molecule has 1 aromatic carbocycles. The maximum Gasteiger partial charge on any atom is 0.294 e. The van der Waals surface area contributed by atoms with Crippen LogP contribution < -0.4 is 4.90 Å². The monoisotopic (exact) mass is 339 g/mol. The molecule has 2 heterocycles. The second-order valence-electron chi connectivity index (χ2n) is 6.64. The first-order valence-electron chi connectivity index (χ1n) is 8.24. The summed E-state index contributed by atoms with van der Waals surface area (Å²) >= 11 is 0. The average molecular weight is 339 g/mol. The van der Waals surface area contributed by atoms with Crippen molar-refractivity contribution < 1.29 is 19.1 Å². The predicted molar refractivity (Wildman–Crippen MR) is 94.4 cm³/mol. The molecule has 5 heteroatoms. The summed E-state index contributed by atoms with van der Waals surface area (Å²) in [6.45, 7) is 7.42. The molecule has 0 radical (unpaired) electrons. The number of amides is 1. The third-order valence-corrected chi connectivity index (χ3v) is 4.58. The van der Waals surface area contributed by atoms with Crippen LogP contribution in [0.2, 0.25) is 0 Å². The van der Waals surface area contributed by atoms with Crippen LogP contribution >= 0.6 is 0 Å². The minimum Gasteiger partial charge on any atom is -0.503 e. The smallest absolute Gasteiger partial charge is 0.294 e. The Balaban J connectivity index is 2.17. The van der Waals surface area contributed by atoms with Crippen molar-refractivity contribution in [3.05, 3.63) is 64.8 Å². The van der Waals surface area contributed by atoms with Crippen LogP contribution in [0.25, 0.3) is 0 Å². The molecule has 5 nitrogen and oxygen atoms in total. The topological polar surface area (TPSA) is 70.8 Å². The Morgan fingerprint density at radius 3 is 2.48 bits per heavy atom. The van der Waals surface area contributed by atoms with E-state index in [1.54, 1.807) is 26.0 Å². The van der Waals surface area contributed by atoms with Crippen LogP contribution in [0.1, 0.15) is 36.8 Å². The minimum atomic E-state index is -0.764. The molecule has 1 N–H and O–H groups in total. The van der Waals surface area contributed by atoms with Gasteiger partial charge in [0.1, 0.15) is 11.8 Å². The zero-order valence-corrected chi connectivity index (χ0v) is 14.7. The lowest BCUT2D eigenvalue weighted by atomic mass is 9.94. The van der Waals surface area contributed by atoms with E-state index in [2.05, 4.69) is 0 Å². The molecule has 1 aliphatic heterocycles. The van der Waals surface area contributed by atoms with Gasteiger partial charge < -0.3 is 9.52 Å². The number of hydrogen-bond donors (Lipinski definition) is 1. The number of carbonyl (C=O) groups excluding carboxylic acids is 2. The van der Waals surface area contributed by atoms with Crippen LogP contribution in [0, 0.1) is 19.8 Å². The molecular weight excluding hydrogens is 318 g/mol. The van der Waals surface area contributed by atoms with E-state index >= 15 is 0 Å². The Labute approximate surface area is 146 Å². The molecule has 25 heavy (non-hydrogen) atoms. The lowest BCUT2D eigenvalue weighted by Gasteiger charge is -2.26. The number of aliphatic hydroxyl groups excluding tert-OH is 1. The quantitative estimate of drug-likeness (QED) is 0.913. The normalized spacial score (nSPS) is 17.7. The summed E-state index contributed by atoms with van der Waals surface area (Å²) in [5.41, 5.74) is 2.83. The Hall–Kier alpha value is -2.82. The minimum absolute atomic E-state index is 0.0909. The molecule has 1 amide bonds. The third-order valence-electron chi connectivity index (χ3n) is 4.58. The highest BCUT2D eigenvalue weighted by atomic mass is 16.3. The SMILES string of the molecule is Cc1ccc(N2C(=O)C(O)=C(C(=O)C(C)C)C2c2ccco2)cc1C. The fourth-order valence-electron chi connectivity index (χ4n) is 3.03. The van der Waals surface area contributed by atoms with Gasteiger partial charge in [0, 0.05) is 11.6 Å². The van der Waals surface area contributed by atoms with Gasteiger partial charge >= 0.3 is 0 Å². The van der Waals surface area contributed by atoms with E-state index in [-0.39, 0.29) is 17.3 Å². The molecule has 3 rings (SSSR count). The van der Waals surface area contributed by atoms with Crippen molar-refractivity contribution in [2.45, 2.75) is 33.7 Å². The fourth-order valence-corrected chi connectivity index (χ4v) is 3.03. The molecule has 0 spiro atoms. The van der Waals surface area contributed by atoms with Gasteiger partial charge in [-0.1, -0.05) is 19.9 Å². The molecule has 2 aromatic rings. The number of aliphatic hydroxyl groups is 1. The van der Waals surface area contributed by atoms with Crippen LogP contribution in [0.4, 0.5) is 5.69 Å². The van der Waals surface area contributed by atoms with Crippen LogP contribution in [-0.2, 0) is 9.59 Å². The van der Waals surface area contributed by atoms with Gasteiger partial charge in [0.15, 0.2) is 11.5 Å². The highest BCUT2D eigenvalue weighted by Crippen LogP contribution is 2.42. The molecule has 1 aliphatic rings. The largest absolute Gasteiger partial charge is 0.503 e. The molecule has 0 saturated heterocycles. The van der Waals surface area contributed by atoms with E-state index in [1.165, 1.54) is 11.2 Å². The summed E-state index contributed by atoms with van der Waals surface area (Å²) in [4.78, 5) is 26.9. The first kappa shape index (κ1) is 17.0. The number of carbonyl (C=O) groups is 2. The predicted octanol–water partition coefficient (Wildman–Crippen LogP) is 4.02. The van der Waals surface area contributed by atoms with E-state index in [0.29, 0.717) is 11.4 Å². The zero-order valence-electron chi connectivity index (χ0n) is 14.7. The Kier molecular flexibility index (Phi) is 4.25. The molecule has 0 bridgehead atoms. The molecule has 0 saturated carbocycles. The number of nitrogens with zero attached hydrogens (tertiary/aromatic N) is 1. The van der Waals surface area contributed by atoms with Crippen molar-refractivity contribution in [3.63, 3.8) is 0 Å². The summed E-state index contributed by atoms with van der Waals surface area (Å²) in [7, 11) is 0. The Morgan fingerprint density at radius 1 is 1.20 bits per heavy atom. The maximum absolute atomic E-state index is 12.8. The lowest BCUT2D eigenvalue weighted by molar-refractivity contribution is -0.119. The van der Waals surface area contributed by atoms with E-state index in [0.717, 1.165) is 11.1 Å². The molecular formula is C20H21NO4. The molecule has 0 fully saturated rings. The number of aryl methyl sites for hydroxylation is 2. The number of hydrogen-bond acceptors (Lipinski definition) is 4. The number of furan rings is 1. The molecule has 130 valence electrons. The maximum atomic E-state index is 12.8. The second-order valence-corrected chi connectivity index (χ2v) is 6.64. The van der Waals surface area contributed by atoms with Crippen LogP contribution in [0.3, 0.4) is 0 Å². The summed E-state index contributed by atoms with van der Waals surface area (Å²) in [6.07, 6.45) is 1.49. The van der Waals surface area contributed by atoms with E-state index in [9.17, 15) is 14.7 Å².